The van der Waals surface area contributed by atoms with Gasteiger partial charge in [-0.25, -0.2) is 25.4 Å². The highest BCUT2D eigenvalue weighted by atomic mass is 32.2. The van der Waals surface area contributed by atoms with Gasteiger partial charge in [0, 0.05) is 46.4 Å². The van der Waals surface area contributed by atoms with Gasteiger partial charge in [0.15, 0.2) is 0 Å². The number of rotatable bonds is 8. The molecule has 37 heavy (non-hydrogen) atoms. The first kappa shape index (κ1) is 29.6. The van der Waals surface area contributed by atoms with Crippen LogP contribution in [0.25, 0.3) is 0 Å². The Labute approximate surface area is 222 Å². The van der Waals surface area contributed by atoms with E-state index in [2.05, 4.69) is 19.9 Å². The van der Waals surface area contributed by atoms with Crippen LogP contribution in [0, 0.1) is 23.7 Å². The second-order valence-corrected chi connectivity index (χ2v) is 15.5. The van der Waals surface area contributed by atoms with Crippen LogP contribution in [0.4, 0.5) is 0 Å². The lowest BCUT2D eigenvalue weighted by Crippen LogP contribution is -2.43. The van der Waals surface area contributed by atoms with Crippen LogP contribution in [0.15, 0.2) is 46.8 Å². The molecule has 208 valence electrons. The van der Waals surface area contributed by atoms with Crippen molar-refractivity contribution in [1.29, 1.82) is 0 Å². The van der Waals surface area contributed by atoms with Crippen LogP contribution in [0.2, 0.25) is 0 Å². The summed E-state index contributed by atoms with van der Waals surface area (Å²) in [5.41, 5.74) is 1.48. The Morgan fingerprint density at radius 2 is 1.73 bits per heavy atom. The predicted molar refractivity (Wildman–Crippen MR) is 143 cm³/mol. The van der Waals surface area contributed by atoms with Crippen LogP contribution >= 0.6 is 0 Å². The molecule has 11 heteroatoms. The lowest BCUT2D eigenvalue weighted by molar-refractivity contribution is -0.144. The minimum atomic E-state index is -3.97. The van der Waals surface area contributed by atoms with Crippen molar-refractivity contribution in [2.45, 2.75) is 45.0 Å². The quantitative estimate of drug-likeness (QED) is 0.334. The molecule has 1 aliphatic heterocycles. The SMILES string of the molecule is COC(=O)[C@H]1C2=C(CCS(=O)(=O)N(C)C)OC3(C)C=CC(C(C)C)=CC(C(C)=C[C@@H]1S(=O)(=O)N(C)C)C23. The van der Waals surface area contributed by atoms with Gasteiger partial charge >= 0.3 is 5.97 Å². The lowest BCUT2D eigenvalue weighted by atomic mass is 9.71. The van der Waals surface area contributed by atoms with E-state index in [0.29, 0.717) is 11.3 Å². The fourth-order valence-corrected chi connectivity index (χ4v) is 7.74. The number of esters is 1. The monoisotopic (exact) mass is 556 g/mol. The number of hydrogen-bond acceptors (Lipinski definition) is 7. The smallest absolute Gasteiger partial charge is 0.314 e. The van der Waals surface area contributed by atoms with E-state index in [0.717, 1.165) is 19.8 Å². The van der Waals surface area contributed by atoms with E-state index >= 15 is 0 Å². The maximum Gasteiger partial charge on any atom is 0.314 e. The third-order valence-corrected chi connectivity index (χ3v) is 11.6. The molecule has 9 nitrogen and oxygen atoms in total. The summed E-state index contributed by atoms with van der Waals surface area (Å²) in [4.78, 5) is 13.4. The Hall–Kier alpha value is -1.95. The molecule has 0 aromatic heterocycles. The Bertz CT molecular complexity index is 1270. The summed E-state index contributed by atoms with van der Waals surface area (Å²) in [5, 5.41) is -1.23. The fraction of sp³-hybridized carbons (Fsp3) is 0.654. The maximum atomic E-state index is 13.6. The molecular weight excluding hydrogens is 516 g/mol. The Morgan fingerprint density at radius 3 is 2.24 bits per heavy atom. The third-order valence-electron chi connectivity index (χ3n) is 7.69. The molecular formula is C26H40N2O7S2. The molecule has 0 aromatic carbocycles. The third kappa shape index (κ3) is 5.32. The van der Waals surface area contributed by atoms with E-state index in [1.54, 1.807) is 6.08 Å². The van der Waals surface area contributed by atoms with Gasteiger partial charge < -0.3 is 9.47 Å². The van der Waals surface area contributed by atoms with Crippen molar-refractivity contribution in [2.75, 3.05) is 41.1 Å². The summed E-state index contributed by atoms with van der Waals surface area (Å²) in [6, 6.07) is 0. The number of sulfonamides is 2. The number of carbonyl (C=O) groups excluding carboxylic acids is 1. The minimum Gasteiger partial charge on any atom is -0.487 e. The van der Waals surface area contributed by atoms with Crippen molar-refractivity contribution in [3.05, 3.63) is 46.8 Å². The lowest BCUT2D eigenvalue weighted by Gasteiger charge is -2.34. The number of methoxy groups -OCH3 is 1. The average molecular weight is 557 g/mol. The van der Waals surface area contributed by atoms with E-state index < -0.39 is 48.7 Å². The molecule has 0 spiro atoms. The fourth-order valence-electron chi connectivity index (χ4n) is 5.46. The second kappa shape index (κ2) is 10.3. The molecule has 3 aliphatic rings. The van der Waals surface area contributed by atoms with Gasteiger partial charge in [0.2, 0.25) is 20.0 Å². The van der Waals surface area contributed by atoms with E-state index in [1.165, 1.54) is 35.3 Å². The minimum absolute atomic E-state index is 0.00449. The molecule has 0 bridgehead atoms. The second-order valence-electron chi connectivity index (χ2n) is 10.9. The summed E-state index contributed by atoms with van der Waals surface area (Å²) in [7, 11) is -0.525. The van der Waals surface area contributed by atoms with Gasteiger partial charge in [-0.15, -0.1) is 0 Å². The Balaban J connectivity index is 2.36. The molecule has 1 heterocycles. The zero-order chi connectivity index (χ0) is 28.1. The zero-order valence-electron chi connectivity index (χ0n) is 23.2. The molecule has 3 unspecified atom stereocenters. The van der Waals surface area contributed by atoms with Crippen LogP contribution in [-0.4, -0.2) is 83.3 Å². The van der Waals surface area contributed by atoms with Gasteiger partial charge in [-0.2, -0.15) is 0 Å². The van der Waals surface area contributed by atoms with Crippen molar-refractivity contribution < 1.29 is 31.1 Å². The Kier molecular flexibility index (Phi) is 8.25. The predicted octanol–water partition coefficient (Wildman–Crippen LogP) is 2.70. The van der Waals surface area contributed by atoms with Crippen LogP contribution in [-0.2, 0) is 34.3 Å². The van der Waals surface area contributed by atoms with Crippen LogP contribution in [0.5, 0.6) is 0 Å². The largest absolute Gasteiger partial charge is 0.487 e. The summed E-state index contributed by atoms with van der Waals surface area (Å²) in [6.45, 7) is 7.96. The first-order valence-electron chi connectivity index (χ1n) is 12.4. The molecule has 0 saturated carbocycles. The average Bonchev–Trinajstić information content (AvgIpc) is 2.90. The van der Waals surface area contributed by atoms with Gasteiger partial charge in [-0.1, -0.05) is 37.6 Å². The van der Waals surface area contributed by atoms with Gasteiger partial charge in [-0.3, -0.25) is 4.79 Å². The molecule has 0 radical (unpaired) electrons. The normalized spacial score (nSPS) is 30.1. The molecule has 0 fully saturated rings. The first-order chi connectivity index (χ1) is 17.0. The zero-order valence-corrected chi connectivity index (χ0v) is 24.8. The first-order valence-corrected chi connectivity index (χ1v) is 15.5. The number of carbonyl (C=O) groups is 1. The van der Waals surface area contributed by atoms with Crippen molar-refractivity contribution in [2.24, 2.45) is 23.7 Å². The summed E-state index contributed by atoms with van der Waals surface area (Å²) in [5.74, 6) is -2.25. The van der Waals surface area contributed by atoms with E-state index in [9.17, 15) is 21.6 Å². The highest BCUT2D eigenvalue weighted by Gasteiger charge is 2.57. The molecule has 0 N–H and O–H groups in total. The molecule has 5 atom stereocenters. The van der Waals surface area contributed by atoms with Crippen molar-refractivity contribution in [3.8, 4) is 0 Å². The standard InChI is InChI=1S/C26H40N2O7S2/c1-16(2)18-10-12-26(4)24-19(15-18)17(3)14-21(37(32,33)28(7)8)23(25(29)34-9)22(24)20(35-26)11-13-36(30,31)27(5)6/h10,12,14-16,19,21,23-24H,11,13H2,1-9H3/t19?,21-,23+,24?,26?/m0/s1. The highest BCUT2D eigenvalue weighted by molar-refractivity contribution is 7.90. The maximum absolute atomic E-state index is 13.6. The van der Waals surface area contributed by atoms with E-state index in [4.69, 9.17) is 9.47 Å². The van der Waals surface area contributed by atoms with Gasteiger partial charge in [0.25, 0.3) is 0 Å². The number of hydrogen-bond donors (Lipinski definition) is 0. The van der Waals surface area contributed by atoms with Crippen LogP contribution < -0.4 is 0 Å². The summed E-state index contributed by atoms with van der Waals surface area (Å²) in [6.07, 6.45) is 7.78. The van der Waals surface area contributed by atoms with Gasteiger partial charge in [-0.05, 0) is 37.0 Å². The molecule has 0 saturated heterocycles. The van der Waals surface area contributed by atoms with Crippen molar-refractivity contribution in [1.82, 2.24) is 8.61 Å². The molecule has 2 aliphatic carbocycles. The van der Waals surface area contributed by atoms with E-state index in [1.807, 2.05) is 26.0 Å². The van der Waals surface area contributed by atoms with Gasteiger partial charge in [0.1, 0.15) is 16.8 Å². The van der Waals surface area contributed by atoms with Crippen LogP contribution in [0.3, 0.4) is 0 Å². The Morgan fingerprint density at radius 1 is 1.11 bits per heavy atom. The molecule has 0 amide bonds. The summed E-state index contributed by atoms with van der Waals surface area (Å²) >= 11 is 0. The topological polar surface area (TPSA) is 110 Å². The van der Waals surface area contributed by atoms with Crippen molar-refractivity contribution >= 4 is 26.0 Å². The number of nitrogens with zero attached hydrogens (tertiary/aromatic N) is 2. The van der Waals surface area contributed by atoms with Gasteiger partial charge in [0.05, 0.1) is 18.6 Å². The van der Waals surface area contributed by atoms with Crippen LogP contribution in [0.1, 0.15) is 34.1 Å². The number of allylic oxidation sites excluding steroid dienone is 5. The summed E-state index contributed by atoms with van der Waals surface area (Å²) < 4.78 is 66.5. The molecule has 3 rings (SSSR count). The van der Waals surface area contributed by atoms with Crippen molar-refractivity contribution in [3.63, 3.8) is 0 Å². The number of ether oxygens (including phenoxy) is 2. The molecule has 0 aromatic rings. The highest BCUT2D eigenvalue weighted by Crippen LogP contribution is 2.55. The van der Waals surface area contributed by atoms with E-state index in [-0.39, 0.29) is 24.0 Å².